The van der Waals surface area contributed by atoms with E-state index in [9.17, 15) is 4.79 Å². The molecule has 0 aromatic carbocycles. The number of hydrogen-bond donors (Lipinski definition) is 2. The lowest BCUT2D eigenvalue weighted by Gasteiger charge is -2.40. The van der Waals surface area contributed by atoms with Gasteiger partial charge in [0.2, 0.25) is 5.91 Å². The fraction of sp³-hybridized carbons (Fsp3) is 0.818. The van der Waals surface area contributed by atoms with Gasteiger partial charge in [-0.15, -0.1) is 0 Å². The van der Waals surface area contributed by atoms with Crippen LogP contribution in [-0.4, -0.2) is 46.4 Å². The molecule has 0 aromatic heterocycles. The Morgan fingerprint density at radius 1 is 1.47 bits per heavy atom. The molecule has 1 aliphatic heterocycles. The van der Waals surface area contributed by atoms with E-state index >= 15 is 0 Å². The van der Waals surface area contributed by atoms with Crippen molar-refractivity contribution in [2.45, 2.75) is 24.5 Å². The minimum atomic E-state index is -0.235. The Kier molecular flexibility index (Phi) is 5.22. The molecule has 0 saturated carbocycles. The van der Waals surface area contributed by atoms with Crippen molar-refractivity contribution in [1.29, 1.82) is 0 Å². The molecule has 17 heavy (non-hydrogen) atoms. The smallest absolute Gasteiger partial charge is 0.221 e. The third-order valence-corrected chi connectivity index (χ3v) is 5.45. The van der Waals surface area contributed by atoms with Crippen LogP contribution in [0.3, 0.4) is 0 Å². The summed E-state index contributed by atoms with van der Waals surface area (Å²) in [6.45, 7) is 4.45. The summed E-state index contributed by atoms with van der Waals surface area (Å²) in [6.07, 6.45) is 3.96. The van der Waals surface area contributed by atoms with Gasteiger partial charge in [0.15, 0.2) is 0 Å². The van der Waals surface area contributed by atoms with Crippen LogP contribution in [0.4, 0.5) is 0 Å². The number of primary amides is 1. The summed E-state index contributed by atoms with van der Waals surface area (Å²) in [5, 5.41) is 0. The van der Waals surface area contributed by atoms with Gasteiger partial charge in [0.1, 0.15) is 0 Å². The average molecular weight is 275 g/mol. The molecular weight excluding hydrogens is 254 g/mol. The van der Waals surface area contributed by atoms with E-state index < -0.39 is 0 Å². The number of amides is 1. The van der Waals surface area contributed by atoms with E-state index in [4.69, 9.17) is 23.7 Å². The lowest BCUT2D eigenvalue weighted by Crippen LogP contribution is -2.50. The van der Waals surface area contributed by atoms with E-state index in [1.54, 1.807) is 11.8 Å². The molecular formula is C11H21N3OS2. The van der Waals surface area contributed by atoms with Gasteiger partial charge < -0.3 is 16.4 Å². The van der Waals surface area contributed by atoms with Crippen molar-refractivity contribution in [1.82, 2.24) is 4.90 Å². The van der Waals surface area contributed by atoms with Gasteiger partial charge in [-0.1, -0.05) is 19.1 Å². The number of rotatable bonds is 5. The van der Waals surface area contributed by atoms with Crippen molar-refractivity contribution >= 4 is 34.9 Å². The zero-order chi connectivity index (χ0) is 13.1. The molecule has 0 bridgehead atoms. The van der Waals surface area contributed by atoms with Gasteiger partial charge in [0.25, 0.3) is 0 Å². The van der Waals surface area contributed by atoms with Crippen LogP contribution in [0.25, 0.3) is 0 Å². The summed E-state index contributed by atoms with van der Waals surface area (Å²) >= 11 is 6.90. The van der Waals surface area contributed by atoms with Crippen LogP contribution in [0.1, 0.15) is 19.8 Å². The fourth-order valence-corrected chi connectivity index (χ4v) is 3.37. The Labute approximate surface area is 112 Å². The second-order valence-corrected chi connectivity index (χ2v) is 6.30. The first-order valence-corrected chi connectivity index (χ1v) is 7.41. The van der Waals surface area contributed by atoms with Gasteiger partial charge in [0.05, 0.1) is 9.74 Å². The molecule has 4 N–H and O–H groups in total. The summed E-state index contributed by atoms with van der Waals surface area (Å²) in [7, 11) is 0. The number of carbonyl (C=O) groups excluding carboxylic acids is 1. The van der Waals surface area contributed by atoms with Crippen molar-refractivity contribution in [3.63, 3.8) is 0 Å². The molecule has 6 heteroatoms. The lowest BCUT2D eigenvalue weighted by atomic mass is 9.95. The largest absolute Gasteiger partial charge is 0.392 e. The van der Waals surface area contributed by atoms with Gasteiger partial charge in [-0.3, -0.25) is 4.79 Å². The Morgan fingerprint density at radius 2 is 2.00 bits per heavy atom. The molecule has 4 nitrogen and oxygen atoms in total. The maximum atomic E-state index is 11.0. The summed E-state index contributed by atoms with van der Waals surface area (Å²) < 4.78 is -0.0538. The highest BCUT2D eigenvalue weighted by atomic mass is 32.2. The predicted octanol–water partition coefficient (Wildman–Crippen LogP) is 0.592. The maximum absolute atomic E-state index is 11.0. The summed E-state index contributed by atoms with van der Waals surface area (Å²) in [5.41, 5.74) is 11.1. The second kappa shape index (κ2) is 6.02. The van der Waals surface area contributed by atoms with E-state index in [1.807, 2.05) is 6.92 Å². The van der Waals surface area contributed by atoms with E-state index in [1.165, 1.54) is 0 Å². The highest BCUT2D eigenvalue weighted by molar-refractivity contribution is 8.02. The van der Waals surface area contributed by atoms with Crippen LogP contribution < -0.4 is 11.5 Å². The molecule has 1 heterocycles. The van der Waals surface area contributed by atoms with Gasteiger partial charge in [-0.2, -0.15) is 11.8 Å². The third kappa shape index (κ3) is 3.56. The number of carbonyl (C=O) groups is 1. The van der Waals surface area contributed by atoms with E-state index in [2.05, 4.69) is 11.2 Å². The Hall–Kier alpha value is -0.330. The van der Waals surface area contributed by atoms with Crippen LogP contribution in [-0.2, 0) is 4.79 Å². The first-order valence-electron chi connectivity index (χ1n) is 5.78. The fourth-order valence-electron chi connectivity index (χ4n) is 2.13. The van der Waals surface area contributed by atoms with Crippen LogP contribution in [0.2, 0.25) is 0 Å². The molecule has 0 radical (unpaired) electrons. The lowest BCUT2D eigenvalue weighted by molar-refractivity contribution is -0.121. The van der Waals surface area contributed by atoms with Crippen LogP contribution in [0.5, 0.6) is 0 Å². The quantitative estimate of drug-likeness (QED) is 0.719. The van der Waals surface area contributed by atoms with Crippen molar-refractivity contribution in [3.8, 4) is 0 Å². The van der Waals surface area contributed by atoms with Crippen molar-refractivity contribution < 1.29 is 4.79 Å². The molecule has 1 saturated heterocycles. The van der Waals surface area contributed by atoms with Crippen LogP contribution >= 0.6 is 24.0 Å². The third-order valence-electron chi connectivity index (χ3n) is 3.52. The monoisotopic (exact) mass is 275 g/mol. The van der Waals surface area contributed by atoms with E-state index in [0.717, 1.165) is 32.5 Å². The first kappa shape index (κ1) is 14.7. The van der Waals surface area contributed by atoms with Gasteiger partial charge in [-0.05, 0) is 32.2 Å². The Morgan fingerprint density at radius 3 is 2.35 bits per heavy atom. The molecule has 0 aliphatic carbocycles. The van der Waals surface area contributed by atoms with Crippen molar-refractivity contribution in [3.05, 3.63) is 0 Å². The SMILES string of the molecule is CSC1(C(N)=S)CCN(CC(C)C(N)=O)CC1. The molecule has 1 aliphatic rings. The Balaban J connectivity index is 2.50. The van der Waals surface area contributed by atoms with E-state index in [-0.39, 0.29) is 16.6 Å². The van der Waals surface area contributed by atoms with Gasteiger partial charge >= 0.3 is 0 Å². The highest BCUT2D eigenvalue weighted by Gasteiger charge is 2.36. The topological polar surface area (TPSA) is 72.3 Å². The molecule has 1 fully saturated rings. The van der Waals surface area contributed by atoms with Crippen LogP contribution in [0, 0.1) is 5.92 Å². The number of thiocarbonyl (C=S) groups is 1. The summed E-state index contributed by atoms with van der Waals surface area (Å²) in [6, 6.07) is 0. The minimum absolute atomic E-state index is 0.0538. The molecule has 1 atom stereocenters. The molecule has 0 spiro atoms. The first-order chi connectivity index (χ1) is 7.91. The standard InChI is InChI=1S/C11H21N3OS2/c1-8(9(12)15)7-14-5-3-11(17-2,4-6-14)10(13)16/h8H,3-7H2,1-2H3,(H2,12,15)(H2,13,16). The van der Waals surface area contributed by atoms with Crippen molar-refractivity contribution in [2.24, 2.45) is 17.4 Å². The number of nitrogens with zero attached hydrogens (tertiary/aromatic N) is 1. The number of likely N-dealkylation sites (tertiary alicyclic amines) is 1. The number of thioether (sulfide) groups is 1. The molecule has 0 aromatic rings. The number of hydrogen-bond acceptors (Lipinski definition) is 4. The summed E-state index contributed by atoms with van der Waals surface area (Å²) in [4.78, 5) is 13.9. The molecule has 98 valence electrons. The number of piperidine rings is 1. The average Bonchev–Trinajstić information content (AvgIpc) is 2.29. The van der Waals surface area contributed by atoms with Crippen molar-refractivity contribution in [2.75, 3.05) is 25.9 Å². The molecule has 1 amide bonds. The predicted molar refractivity (Wildman–Crippen MR) is 77.1 cm³/mol. The van der Waals surface area contributed by atoms with Gasteiger partial charge in [0, 0.05) is 12.5 Å². The second-order valence-electron chi connectivity index (χ2n) is 4.67. The van der Waals surface area contributed by atoms with Gasteiger partial charge in [-0.25, -0.2) is 0 Å². The number of nitrogens with two attached hydrogens (primary N) is 2. The maximum Gasteiger partial charge on any atom is 0.221 e. The van der Waals surface area contributed by atoms with E-state index in [0.29, 0.717) is 4.99 Å². The zero-order valence-corrected chi connectivity index (χ0v) is 12.1. The molecule has 1 unspecified atom stereocenters. The molecule has 1 rings (SSSR count). The van der Waals surface area contributed by atoms with Crippen LogP contribution in [0.15, 0.2) is 0 Å². The Bertz CT molecular complexity index is 301. The zero-order valence-electron chi connectivity index (χ0n) is 10.4. The summed E-state index contributed by atoms with van der Waals surface area (Å²) in [5.74, 6) is -0.331. The highest BCUT2D eigenvalue weighted by Crippen LogP contribution is 2.35. The normalized spacial score (nSPS) is 22.0. The minimum Gasteiger partial charge on any atom is -0.392 e.